The van der Waals surface area contributed by atoms with Gasteiger partial charge in [-0.05, 0) is 70.4 Å². The Morgan fingerprint density at radius 3 is 2.65 bits per heavy atom. The zero-order valence-corrected chi connectivity index (χ0v) is 12.9. The van der Waals surface area contributed by atoms with Crippen LogP contribution in [0.1, 0.15) is 51.4 Å². The molecule has 2 aliphatic rings. The van der Waals surface area contributed by atoms with Gasteiger partial charge in [-0.3, -0.25) is 4.79 Å². The van der Waals surface area contributed by atoms with E-state index < -0.39 is 0 Å². The van der Waals surface area contributed by atoms with Crippen LogP contribution in [0.4, 0.5) is 0 Å². The summed E-state index contributed by atoms with van der Waals surface area (Å²) in [6, 6.07) is 0.406. The number of likely N-dealkylation sites (tertiary alicyclic amines) is 1. The molecule has 20 heavy (non-hydrogen) atoms. The SMILES string of the molecule is CN1CCCC(CNC(=O)CCC2CCC(N)CC2)C1. The van der Waals surface area contributed by atoms with E-state index in [4.69, 9.17) is 5.73 Å². The quantitative estimate of drug-likeness (QED) is 0.807. The van der Waals surface area contributed by atoms with Crippen molar-refractivity contribution in [2.24, 2.45) is 17.6 Å². The smallest absolute Gasteiger partial charge is 0.220 e. The van der Waals surface area contributed by atoms with Gasteiger partial charge in [0.25, 0.3) is 0 Å². The van der Waals surface area contributed by atoms with Crippen LogP contribution in [0.3, 0.4) is 0 Å². The van der Waals surface area contributed by atoms with E-state index in [-0.39, 0.29) is 5.91 Å². The molecule has 1 aliphatic heterocycles. The van der Waals surface area contributed by atoms with Crippen LogP contribution in [0, 0.1) is 11.8 Å². The van der Waals surface area contributed by atoms with Crippen LogP contribution >= 0.6 is 0 Å². The zero-order valence-electron chi connectivity index (χ0n) is 12.9. The molecule has 2 fully saturated rings. The lowest BCUT2D eigenvalue weighted by atomic mass is 9.84. The van der Waals surface area contributed by atoms with Crippen molar-refractivity contribution < 1.29 is 4.79 Å². The minimum atomic E-state index is 0.244. The number of amides is 1. The van der Waals surface area contributed by atoms with Gasteiger partial charge in [-0.2, -0.15) is 0 Å². The molecule has 0 radical (unpaired) electrons. The first kappa shape index (κ1) is 15.8. The number of nitrogens with one attached hydrogen (secondary N) is 1. The minimum Gasteiger partial charge on any atom is -0.356 e. The van der Waals surface area contributed by atoms with Gasteiger partial charge in [-0.25, -0.2) is 0 Å². The van der Waals surface area contributed by atoms with Crippen molar-refractivity contribution in [3.8, 4) is 0 Å². The van der Waals surface area contributed by atoms with Gasteiger partial charge < -0.3 is 16.0 Å². The third kappa shape index (κ3) is 5.41. The predicted molar refractivity (Wildman–Crippen MR) is 82.4 cm³/mol. The number of carbonyl (C=O) groups is 1. The lowest BCUT2D eigenvalue weighted by Crippen LogP contribution is -2.39. The van der Waals surface area contributed by atoms with E-state index >= 15 is 0 Å². The molecular weight excluding hydrogens is 250 g/mol. The molecule has 0 aromatic carbocycles. The van der Waals surface area contributed by atoms with Crippen LogP contribution in [0.5, 0.6) is 0 Å². The molecule has 1 heterocycles. The molecule has 0 aromatic heterocycles. The average molecular weight is 281 g/mol. The number of hydrogen-bond acceptors (Lipinski definition) is 3. The summed E-state index contributed by atoms with van der Waals surface area (Å²) in [4.78, 5) is 14.3. The molecule has 1 aliphatic carbocycles. The summed E-state index contributed by atoms with van der Waals surface area (Å²) in [5, 5.41) is 3.13. The van der Waals surface area contributed by atoms with E-state index in [0.717, 1.165) is 38.3 Å². The largest absolute Gasteiger partial charge is 0.356 e. The monoisotopic (exact) mass is 281 g/mol. The second kappa shape index (κ2) is 7.99. The molecule has 0 aromatic rings. The number of piperidine rings is 1. The van der Waals surface area contributed by atoms with Crippen LogP contribution in [-0.4, -0.2) is 43.5 Å². The van der Waals surface area contributed by atoms with Crippen molar-refractivity contribution in [2.75, 3.05) is 26.7 Å². The number of rotatable bonds is 5. The topological polar surface area (TPSA) is 58.4 Å². The standard InChI is InChI=1S/C16H31N3O/c1-19-10-2-3-14(12-19)11-18-16(20)9-6-13-4-7-15(17)8-5-13/h13-15H,2-12,17H2,1H3,(H,18,20). The second-order valence-corrected chi connectivity index (χ2v) is 6.89. The third-order valence-corrected chi connectivity index (χ3v) is 4.98. The molecule has 0 bridgehead atoms. The van der Waals surface area contributed by atoms with Crippen LogP contribution < -0.4 is 11.1 Å². The van der Waals surface area contributed by atoms with E-state index in [0.29, 0.717) is 18.4 Å². The normalized spacial score (nSPS) is 32.0. The van der Waals surface area contributed by atoms with Crippen molar-refractivity contribution in [1.29, 1.82) is 0 Å². The lowest BCUT2D eigenvalue weighted by Gasteiger charge is -2.29. The third-order valence-electron chi connectivity index (χ3n) is 4.98. The summed E-state index contributed by atoms with van der Waals surface area (Å²) in [6.45, 7) is 3.19. The van der Waals surface area contributed by atoms with Crippen molar-refractivity contribution in [2.45, 2.75) is 57.4 Å². The molecule has 1 unspecified atom stereocenters. The molecule has 2 rings (SSSR count). The van der Waals surface area contributed by atoms with Gasteiger partial charge in [0.2, 0.25) is 5.91 Å². The zero-order chi connectivity index (χ0) is 14.4. The fourth-order valence-corrected chi connectivity index (χ4v) is 3.60. The van der Waals surface area contributed by atoms with E-state index in [2.05, 4.69) is 17.3 Å². The Morgan fingerprint density at radius 2 is 1.95 bits per heavy atom. The minimum absolute atomic E-state index is 0.244. The summed E-state index contributed by atoms with van der Waals surface area (Å²) < 4.78 is 0. The Bertz CT molecular complexity index is 300. The molecule has 1 saturated heterocycles. The van der Waals surface area contributed by atoms with Gasteiger partial charge >= 0.3 is 0 Å². The number of nitrogens with two attached hydrogens (primary N) is 1. The van der Waals surface area contributed by atoms with Gasteiger partial charge in [0.1, 0.15) is 0 Å². The average Bonchev–Trinajstić information content (AvgIpc) is 2.45. The Labute approximate surface area is 123 Å². The van der Waals surface area contributed by atoms with Crippen molar-refractivity contribution in [3.05, 3.63) is 0 Å². The Hall–Kier alpha value is -0.610. The summed E-state index contributed by atoms with van der Waals surface area (Å²) in [7, 11) is 2.17. The summed E-state index contributed by atoms with van der Waals surface area (Å²) in [5.41, 5.74) is 5.91. The summed E-state index contributed by atoms with van der Waals surface area (Å²) >= 11 is 0. The fraction of sp³-hybridized carbons (Fsp3) is 0.938. The maximum atomic E-state index is 11.9. The highest BCUT2D eigenvalue weighted by Gasteiger charge is 2.20. The highest BCUT2D eigenvalue weighted by Crippen LogP contribution is 2.26. The van der Waals surface area contributed by atoms with Gasteiger partial charge in [0, 0.05) is 25.6 Å². The van der Waals surface area contributed by atoms with Gasteiger partial charge in [0.15, 0.2) is 0 Å². The molecule has 3 N–H and O–H groups in total. The van der Waals surface area contributed by atoms with Crippen molar-refractivity contribution in [3.63, 3.8) is 0 Å². The van der Waals surface area contributed by atoms with E-state index in [1.54, 1.807) is 0 Å². The Morgan fingerprint density at radius 1 is 1.20 bits per heavy atom. The molecule has 116 valence electrons. The lowest BCUT2D eigenvalue weighted by molar-refractivity contribution is -0.121. The van der Waals surface area contributed by atoms with Gasteiger partial charge in [0.05, 0.1) is 0 Å². The molecule has 1 saturated carbocycles. The first-order chi connectivity index (χ1) is 9.63. The highest BCUT2D eigenvalue weighted by molar-refractivity contribution is 5.75. The molecule has 4 heteroatoms. The van der Waals surface area contributed by atoms with Crippen LogP contribution in [-0.2, 0) is 4.79 Å². The van der Waals surface area contributed by atoms with Gasteiger partial charge in [-0.1, -0.05) is 0 Å². The number of hydrogen-bond donors (Lipinski definition) is 2. The maximum absolute atomic E-state index is 11.9. The van der Waals surface area contributed by atoms with E-state index in [1.165, 1.54) is 32.2 Å². The van der Waals surface area contributed by atoms with Crippen LogP contribution in [0.15, 0.2) is 0 Å². The molecule has 1 atom stereocenters. The Balaban J connectivity index is 1.56. The number of nitrogens with zero attached hydrogens (tertiary/aromatic N) is 1. The first-order valence-corrected chi connectivity index (χ1v) is 8.34. The van der Waals surface area contributed by atoms with Crippen molar-refractivity contribution >= 4 is 5.91 Å². The molecule has 4 nitrogen and oxygen atoms in total. The molecule has 0 spiro atoms. The van der Waals surface area contributed by atoms with Crippen LogP contribution in [0.2, 0.25) is 0 Å². The number of carbonyl (C=O) groups excluding carboxylic acids is 1. The molecular formula is C16H31N3O. The maximum Gasteiger partial charge on any atom is 0.220 e. The van der Waals surface area contributed by atoms with E-state index in [1.807, 2.05) is 0 Å². The van der Waals surface area contributed by atoms with Crippen molar-refractivity contribution in [1.82, 2.24) is 10.2 Å². The highest BCUT2D eigenvalue weighted by atomic mass is 16.1. The van der Waals surface area contributed by atoms with Crippen LogP contribution in [0.25, 0.3) is 0 Å². The Kier molecular flexibility index (Phi) is 6.30. The predicted octanol–water partition coefficient (Wildman–Crippen LogP) is 1.74. The summed E-state index contributed by atoms with van der Waals surface area (Å²) in [6.07, 6.45) is 8.96. The summed E-state index contributed by atoms with van der Waals surface area (Å²) in [5.74, 6) is 1.61. The fourth-order valence-electron chi connectivity index (χ4n) is 3.60. The van der Waals surface area contributed by atoms with E-state index in [9.17, 15) is 4.79 Å². The first-order valence-electron chi connectivity index (χ1n) is 8.34. The molecule has 1 amide bonds. The second-order valence-electron chi connectivity index (χ2n) is 6.89. The van der Waals surface area contributed by atoms with Gasteiger partial charge in [-0.15, -0.1) is 0 Å².